The summed E-state index contributed by atoms with van der Waals surface area (Å²) in [7, 11) is 0. The standard InChI is InChI=1S/C18H24N4O3S/c1-4-21(10-11-23)15(13-6-8-14(9-7-13)25-5-2)16-17(24)22-18(26-16)19-12(3)20-22/h6-9,15,23-24H,4-5,10-11H2,1-3H3. The molecule has 0 saturated carbocycles. The van der Waals surface area contributed by atoms with E-state index in [1.54, 1.807) is 6.92 Å². The number of hydrogen-bond donors (Lipinski definition) is 2. The van der Waals surface area contributed by atoms with Gasteiger partial charge < -0.3 is 14.9 Å². The van der Waals surface area contributed by atoms with Gasteiger partial charge in [-0.15, -0.1) is 5.10 Å². The number of rotatable bonds is 8. The lowest BCUT2D eigenvalue weighted by Crippen LogP contribution is -2.31. The van der Waals surface area contributed by atoms with Crippen LogP contribution >= 0.6 is 11.3 Å². The summed E-state index contributed by atoms with van der Waals surface area (Å²) in [6.07, 6.45) is 0. The Hall–Kier alpha value is -2.16. The predicted octanol–water partition coefficient (Wildman–Crippen LogP) is 2.61. The largest absolute Gasteiger partial charge is 0.494 e. The van der Waals surface area contributed by atoms with Crippen LogP contribution < -0.4 is 4.74 Å². The number of fused-ring (bicyclic) bond motifs is 1. The number of ether oxygens (including phenoxy) is 1. The van der Waals surface area contributed by atoms with Crippen LogP contribution in [-0.2, 0) is 0 Å². The highest BCUT2D eigenvalue weighted by atomic mass is 32.1. The molecule has 8 heteroatoms. The minimum Gasteiger partial charge on any atom is -0.494 e. The van der Waals surface area contributed by atoms with Crippen LogP contribution in [0, 0.1) is 6.92 Å². The molecule has 1 atom stereocenters. The maximum Gasteiger partial charge on any atom is 0.230 e. The molecule has 0 amide bonds. The predicted molar refractivity (Wildman–Crippen MR) is 101 cm³/mol. The van der Waals surface area contributed by atoms with Crippen molar-refractivity contribution in [2.24, 2.45) is 0 Å². The first kappa shape index (κ1) is 18.6. The van der Waals surface area contributed by atoms with Crippen molar-refractivity contribution in [2.75, 3.05) is 26.3 Å². The summed E-state index contributed by atoms with van der Waals surface area (Å²) >= 11 is 1.42. The summed E-state index contributed by atoms with van der Waals surface area (Å²) in [5.74, 6) is 1.53. The summed E-state index contributed by atoms with van der Waals surface area (Å²) < 4.78 is 7.00. The van der Waals surface area contributed by atoms with Gasteiger partial charge in [-0.1, -0.05) is 30.4 Å². The first-order chi connectivity index (χ1) is 12.6. The highest BCUT2D eigenvalue weighted by Crippen LogP contribution is 2.40. The molecule has 3 rings (SSSR count). The van der Waals surface area contributed by atoms with E-state index in [4.69, 9.17) is 4.74 Å². The average molecular weight is 376 g/mol. The monoisotopic (exact) mass is 376 g/mol. The van der Waals surface area contributed by atoms with Crippen molar-refractivity contribution in [1.82, 2.24) is 19.5 Å². The van der Waals surface area contributed by atoms with Crippen LogP contribution in [0.25, 0.3) is 4.96 Å². The molecule has 140 valence electrons. The molecule has 0 aliphatic heterocycles. The summed E-state index contributed by atoms with van der Waals surface area (Å²) in [5.41, 5.74) is 1.01. The Balaban J connectivity index is 2.07. The fourth-order valence-corrected chi connectivity index (χ4v) is 4.23. The molecule has 3 aromatic rings. The number of likely N-dealkylation sites (N-methyl/N-ethyl adjacent to an activating group) is 1. The van der Waals surface area contributed by atoms with Crippen LogP contribution in [0.3, 0.4) is 0 Å². The molecule has 2 aromatic heterocycles. The number of hydrogen-bond acceptors (Lipinski definition) is 7. The molecular weight excluding hydrogens is 352 g/mol. The number of nitrogens with zero attached hydrogens (tertiary/aromatic N) is 4. The Bertz CT molecular complexity index is 859. The highest BCUT2D eigenvalue weighted by molar-refractivity contribution is 7.17. The third kappa shape index (κ3) is 3.53. The zero-order chi connectivity index (χ0) is 18.7. The quantitative estimate of drug-likeness (QED) is 0.629. The molecule has 2 heterocycles. The van der Waals surface area contributed by atoms with Crippen molar-refractivity contribution in [3.8, 4) is 11.6 Å². The van der Waals surface area contributed by atoms with E-state index in [0.29, 0.717) is 23.9 Å². The van der Waals surface area contributed by atoms with Crippen molar-refractivity contribution < 1.29 is 14.9 Å². The maximum absolute atomic E-state index is 10.7. The van der Waals surface area contributed by atoms with Crippen molar-refractivity contribution >= 4 is 16.3 Å². The minimum absolute atomic E-state index is 0.0437. The Morgan fingerprint density at radius 3 is 2.58 bits per heavy atom. The Morgan fingerprint density at radius 2 is 2.00 bits per heavy atom. The second-order valence-corrected chi connectivity index (χ2v) is 6.91. The number of aryl methyl sites for hydroxylation is 1. The van der Waals surface area contributed by atoms with Crippen molar-refractivity contribution in [2.45, 2.75) is 26.8 Å². The fraction of sp³-hybridized carbons (Fsp3) is 0.444. The normalized spacial score (nSPS) is 12.8. The number of benzene rings is 1. The van der Waals surface area contributed by atoms with Crippen LogP contribution in [-0.4, -0.2) is 56.0 Å². The number of aliphatic hydroxyl groups is 1. The van der Waals surface area contributed by atoms with Gasteiger partial charge in [-0.2, -0.15) is 4.52 Å². The van der Waals surface area contributed by atoms with E-state index in [2.05, 4.69) is 15.0 Å². The summed E-state index contributed by atoms with van der Waals surface area (Å²) in [6, 6.07) is 7.65. The summed E-state index contributed by atoms with van der Waals surface area (Å²) in [6.45, 7) is 7.67. The summed E-state index contributed by atoms with van der Waals surface area (Å²) in [4.78, 5) is 7.90. The van der Waals surface area contributed by atoms with Gasteiger partial charge in [0.05, 0.1) is 24.1 Å². The molecule has 0 fully saturated rings. The molecule has 7 nitrogen and oxygen atoms in total. The first-order valence-corrected chi connectivity index (χ1v) is 9.53. The molecule has 0 radical (unpaired) electrons. The van der Waals surface area contributed by atoms with E-state index < -0.39 is 0 Å². The number of thiazole rings is 1. The summed E-state index contributed by atoms with van der Waals surface area (Å²) in [5, 5.41) is 24.5. The zero-order valence-electron chi connectivity index (χ0n) is 15.2. The van der Waals surface area contributed by atoms with Crippen LogP contribution in [0.15, 0.2) is 24.3 Å². The van der Waals surface area contributed by atoms with Gasteiger partial charge in [-0.05, 0) is 38.1 Å². The van der Waals surface area contributed by atoms with E-state index in [-0.39, 0.29) is 18.5 Å². The smallest absolute Gasteiger partial charge is 0.230 e. The number of aromatic hydroxyl groups is 1. The van der Waals surface area contributed by atoms with Gasteiger partial charge in [-0.3, -0.25) is 4.90 Å². The maximum atomic E-state index is 10.7. The van der Waals surface area contributed by atoms with Gasteiger partial charge in [0.15, 0.2) is 0 Å². The molecule has 0 aliphatic carbocycles. The van der Waals surface area contributed by atoms with E-state index in [1.165, 1.54) is 15.9 Å². The van der Waals surface area contributed by atoms with Gasteiger partial charge in [0, 0.05) is 6.54 Å². The molecule has 1 unspecified atom stereocenters. The van der Waals surface area contributed by atoms with Crippen molar-refractivity contribution in [1.29, 1.82) is 0 Å². The van der Waals surface area contributed by atoms with E-state index in [0.717, 1.165) is 22.7 Å². The highest BCUT2D eigenvalue weighted by Gasteiger charge is 2.28. The topological polar surface area (TPSA) is 83.1 Å². The lowest BCUT2D eigenvalue weighted by Gasteiger charge is -2.29. The SMILES string of the molecule is CCOc1ccc(C(c2sc3nc(C)nn3c2O)N(CC)CCO)cc1. The first-order valence-electron chi connectivity index (χ1n) is 8.71. The zero-order valence-corrected chi connectivity index (χ0v) is 16.0. The van der Waals surface area contributed by atoms with Crippen molar-refractivity contribution in [3.63, 3.8) is 0 Å². The Morgan fingerprint density at radius 1 is 1.27 bits per heavy atom. The fourth-order valence-electron chi connectivity index (χ4n) is 3.07. The van der Waals surface area contributed by atoms with Crippen LogP contribution in [0.4, 0.5) is 0 Å². The molecule has 0 bridgehead atoms. The van der Waals surface area contributed by atoms with Gasteiger partial charge in [0.2, 0.25) is 10.8 Å². The second kappa shape index (κ2) is 8.03. The molecule has 0 saturated heterocycles. The number of aliphatic hydroxyl groups excluding tert-OH is 1. The van der Waals surface area contributed by atoms with E-state index in [1.807, 2.05) is 38.1 Å². The van der Waals surface area contributed by atoms with Gasteiger partial charge >= 0.3 is 0 Å². The lowest BCUT2D eigenvalue weighted by atomic mass is 10.0. The third-order valence-corrected chi connectivity index (χ3v) is 5.29. The van der Waals surface area contributed by atoms with Crippen molar-refractivity contribution in [3.05, 3.63) is 40.5 Å². The average Bonchev–Trinajstić information content (AvgIpc) is 3.14. The van der Waals surface area contributed by atoms with Crippen LogP contribution in [0.1, 0.15) is 36.2 Å². The molecule has 1 aromatic carbocycles. The third-order valence-electron chi connectivity index (χ3n) is 4.22. The van der Waals surface area contributed by atoms with Gasteiger partial charge in [-0.25, -0.2) is 4.98 Å². The van der Waals surface area contributed by atoms with E-state index in [9.17, 15) is 10.2 Å². The lowest BCUT2D eigenvalue weighted by molar-refractivity contribution is 0.174. The van der Waals surface area contributed by atoms with Crippen LogP contribution in [0.5, 0.6) is 11.6 Å². The van der Waals surface area contributed by atoms with Gasteiger partial charge in [0.1, 0.15) is 11.6 Å². The molecule has 26 heavy (non-hydrogen) atoms. The molecular formula is C18H24N4O3S. The molecule has 0 aliphatic rings. The number of aromatic nitrogens is 3. The molecule has 2 N–H and O–H groups in total. The molecule has 0 spiro atoms. The second-order valence-electron chi connectivity index (χ2n) is 5.90. The Labute approximate surface area is 156 Å². The Kier molecular flexibility index (Phi) is 5.75. The minimum atomic E-state index is -0.198. The van der Waals surface area contributed by atoms with Crippen LogP contribution in [0.2, 0.25) is 0 Å². The van der Waals surface area contributed by atoms with Gasteiger partial charge in [0.25, 0.3) is 0 Å². The van der Waals surface area contributed by atoms with E-state index >= 15 is 0 Å².